The van der Waals surface area contributed by atoms with Crippen LogP contribution in [0.15, 0.2) is 6.20 Å². The molecule has 0 aliphatic rings. The normalized spacial score (nSPS) is 15.3. The fourth-order valence-corrected chi connectivity index (χ4v) is 1.97. The minimum atomic E-state index is 0.389. The summed E-state index contributed by atoms with van der Waals surface area (Å²) in [4.78, 5) is 0. The highest BCUT2D eigenvalue weighted by Gasteiger charge is 2.13. The molecule has 0 aromatic carbocycles. The fourth-order valence-electron chi connectivity index (χ4n) is 1.97. The molecule has 2 unspecified atom stereocenters. The number of rotatable bonds is 5. The first-order valence-electron chi connectivity index (χ1n) is 5.80. The molecule has 86 valence electrons. The lowest BCUT2D eigenvalue weighted by Gasteiger charge is -2.19. The average Bonchev–Trinajstić information content (AvgIpc) is 2.48. The summed E-state index contributed by atoms with van der Waals surface area (Å²) < 4.78 is 1.93. The van der Waals surface area contributed by atoms with Gasteiger partial charge in [0, 0.05) is 30.4 Å². The molecule has 3 nitrogen and oxygen atoms in total. The minimum absolute atomic E-state index is 0.389. The second-order valence-corrected chi connectivity index (χ2v) is 4.39. The zero-order valence-corrected chi connectivity index (χ0v) is 10.5. The highest BCUT2D eigenvalue weighted by molar-refractivity contribution is 5.19. The van der Waals surface area contributed by atoms with E-state index in [1.54, 1.807) is 0 Å². The topological polar surface area (TPSA) is 29.9 Å². The molecule has 0 aliphatic heterocycles. The van der Waals surface area contributed by atoms with Gasteiger partial charge in [-0.15, -0.1) is 0 Å². The van der Waals surface area contributed by atoms with Gasteiger partial charge in [0.15, 0.2) is 0 Å². The van der Waals surface area contributed by atoms with E-state index in [-0.39, 0.29) is 0 Å². The van der Waals surface area contributed by atoms with Crippen LogP contribution in [0.5, 0.6) is 0 Å². The molecule has 0 bridgehead atoms. The lowest BCUT2D eigenvalue weighted by molar-refractivity contribution is 0.451. The van der Waals surface area contributed by atoms with Crippen LogP contribution in [0.4, 0.5) is 0 Å². The Kier molecular flexibility index (Phi) is 4.33. The van der Waals surface area contributed by atoms with Gasteiger partial charge in [0.05, 0.1) is 6.20 Å². The van der Waals surface area contributed by atoms with Crippen molar-refractivity contribution >= 4 is 0 Å². The molecule has 15 heavy (non-hydrogen) atoms. The predicted molar refractivity (Wildman–Crippen MR) is 63.9 cm³/mol. The van der Waals surface area contributed by atoms with Gasteiger partial charge in [0.1, 0.15) is 0 Å². The van der Waals surface area contributed by atoms with E-state index in [9.17, 15) is 0 Å². The van der Waals surface area contributed by atoms with Gasteiger partial charge in [0.2, 0.25) is 0 Å². The van der Waals surface area contributed by atoms with Gasteiger partial charge in [-0.3, -0.25) is 4.68 Å². The maximum absolute atomic E-state index is 4.27. The van der Waals surface area contributed by atoms with Gasteiger partial charge in [-0.25, -0.2) is 0 Å². The van der Waals surface area contributed by atoms with Crippen molar-refractivity contribution in [1.29, 1.82) is 0 Å². The molecule has 1 aromatic rings. The van der Waals surface area contributed by atoms with Crippen LogP contribution in [0.3, 0.4) is 0 Å². The largest absolute Gasteiger partial charge is 0.308 e. The van der Waals surface area contributed by atoms with Gasteiger partial charge in [-0.1, -0.05) is 13.3 Å². The zero-order chi connectivity index (χ0) is 11.4. The lowest BCUT2D eigenvalue weighted by atomic mass is 10.1. The van der Waals surface area contributed by atoms with Gasteiger partial charge in [-0.05, 0) is 27.2 Å². The van der Waals surface area contributed by atoms with E-state index < -0.39 is 0 Å². The minimum Gasteiger partial charge on any atom is -0.308 e. The third-order valence-corrected chi connectivity index (χ3v) is 3.00. The Balaban J connectivity index is 2.60. The summed E-state index contributed by atoms with van der Waals surface area (Å²) in [7, 11) is 1.99. The summed E-state index contributed by atoms with van der Waals surface area (Å²) in [5.41, 5.74) is 2.55. The molecule has 1 N–H and O–H groups in total. The molecule has 0 amide bonds. The Morgan fingerprint density at radius 3 is 2.60 bits per heavy atom. The van der Waals surface area contributed by atoms with Crippen LogP contribution in [0.2, 0.25) is 0 Å². The Morgan fingerprint density at radius 1 is 1.47 bits per heavy atom. The monoisotopic (exact) mass is 209 g/mol. The summed E-state index contributed by atoms with van der Waals surface area (Å²) in [6.45, 7) is 8.78. The van der Waals surface area contributed by atoms with Crippen molar-refractivity contribution in [2.45, 2.75) is 52.6 Å². The second-order valence-electron chi connectivity index (χ2n) is 4.39. The summed E-state index contributed by atoms with van der Waals surface area (Å²) >= 11 is 0. The molecule has 0 radical (unpaired) electrons. The van der Waals surface area contributed by atoms with Crippen molar-refractivity contribution in [3.05, 3.63) is 17.5 Å². The van der Waals surface area contributed by atoms with Crippen LogP contribution in [0, 0.1) is 6.92 Å². The number of hydrogen-bond donors (Lipinski definition) is 1. The summed E-state index contributed by atoms with van der Waals surface area (Å²) in [6, 6.07) is 0.963. The van der Waals surface area contributed by atoms with E-state index in [0.717, 1.165) is 0 Å². The molecule has 0 fully saturated rings. The maximum atomic E-state index is 4.27. The summed E-state index contributed by atoms with van der Waals surface area (Å²) in [5.74, 6) is 0. The highest BCUT2D eigenvalue weighted by Crippen LogP contribution is 2.17. The van der Waals surface area contributed by atoms with Crippen molar-refractivity contribution in [3.8, 4) is 0 Å². The SMILES string of the molecule is CCCC(C)NC(C)c1cnn(C)c1C. The zero-order valence-electron chi connectivity index (χ0n) is 10.5. The molecule has 2 atom stereocenters. The number of nitrogens with zero attached hydrogens (tertiary/aromatic N) is 2. The molecule has 0 aliphatic carbocycles. The van der Waals surface area contributed by atoms with E-state index in [1.165, 1.54) is 24.1 Å². The van der Waals surface area contributed by atoms with Gasteiger partial charge < -0.3 is 5.32 Å². The van der Waals surface area contributed by atoms with Crippen LogP contribution in [-0.2, 0) is 7.05 Å². The first-order valence-corrected chi connectivity index (χ1v) is 5.80. The van der Waals surface area contributed by atoms with Crippen LogP contribution in [0.1, 0.15) is 50.9 Å². The number of hydrogen-bond acceptors (Lipinski definition) is 2. The third-order valence-electron chi connectivity index (χ3n) is 3.00. The van der Waals surface area contributed by atoms with Gasteiger partial charge in [0.25, 0.3) is 0 Å². The first-order chi connectivity index (χ1) is 7.06. The number of aromatic nitrogens is 2. The maximum Gasteiger partial charge on any atom is 0.0540 e. The molecule has 1 heterocycles. The Bertz CT molecular complexity index is 304. The standard InChI is InChI=1S/C12H23N3/c1-6-7-9(2)14-10(3)12-8-13-15(5)11(12)4/h8-10,14H,6-7H2,1-5H3. The molecule has 0 saturated heterocycles. The van der Waals surface area contributed by atoms with Gasteiger partial charge in [-0.2, -0.15) is 5.10 Å². The Labute approximate surface area is 92.9 Å². The van der Waals surface area contributed by atoms with Crippen molar-refractivity contribution in [2.24, 2.45) is 7.05 Å². The van der Waals surface area contributed by atoms with E-state index in [0.29, 0.717) is 12.1 Å². The van der Waals surface area contributed by atoms with Crippen molar-refractivity contribution < 1.29 is 0 Å². The third kappa shape index (κ3) is 3.06. The predicted octanol–water partition coefficient (Wildman–Crippen LogP) is 2.57. The molecule has 3 heteroatoms. The van der Waals surface area contributed by atoms with Crippen LogP contribution in [-0.4, -0.2) is 15.8 Å². The van der Waals surface area contributed by atoms with Gasteiger partial charge >= 0.3 is 0 Å². The van der Waals surface area contributed by atoms with Crippen LogP contribution >= 0.6 is 0 Å². The molecule has 0 spiro atoms. The first kappa shape index (κ1) is 12.2. The quantitative estimate of drug-likeness (QED) is 0.807. The Hall–Kier alpha value is -0.830. The van der Waals surface area contributed by atoms with Crippen LogP contribution < -0.4 is 5.32 Å². The van der Waals surface area contributed by atoms with Crippen molar-refractivity contribution in [2.75, 3.05) is 0 Å². The van der Waals surface area contributed by atoms with E-state index >= 15 is 0 Å². The van der Waals surface area contributed by atoms with E-state index in [4.69, 9.17) is 0 Å². The summed E-state index contributed by atoms with van der Waals surface area (Å²) in [6.07, 6.45) is 4.42. The van der Waals surface area contributed by atoms with Crippen molar-refractivity contribution in [3.63, 3.8) is 0 Å². The molecular weight excluding hydrogens is 186 g/mol. The van der Waals surface area contributed by atoms with E-state index in [1.807, 2.05) is 17.9 Å². The van der Waals surface area contributed by atoms with Crippen molar-refractivity contribution in [1.82, 2.24) is 15.1 Å². The second kappa shape index (κ2) is 5.31. The average molecular weight is 209 g/mol. The highest BCUT2D eigenvalue weighted by atomic mass is 15.3. The smallest absolute Gasteiger partial charge is 0.0540 e. The number of nitrogens with one attached hydrogen (secondary N) is 1. The number of aryl methyl sites for hydroxylation is 1. The van der Waals surface area contributed by atoms with E-state index in [2.05, 4.69) is 38.1 Å². The lowest BCUT2D eigenvalue weighted by Crippen LogP contribution is -2.28. The molecule has 0 saturated carbocycles. The fraction of sp³-hybridized carbons (Fsp3) is 0.750. The Morgan fingerprint density at radius 2 is 2.13 bits per heavy atom. The molecule has 1 aromatic heterocycles. The van der Waals surface area contributed by atoms with Crippen LogP contribution in [0.25, 0.3) is 0 Å². The molecular formula is C12H23N3. The molecule has 1 rings (SSSR count). The summed E-state index contributed by atoms with van der Waals surface area (Å²) in [5, 5.41) is 7.87.